The van der Waals surface area contributed by atoms with Gasteiger partial charge in [-0.2, -0.15) is 5.26 Å². The van der Waals surface area contributed by atoms with Crippen LogP contribution in [0, 0.1) is 11.3 Å². The van der Waals surface area contributed by atoms with E-state index >= 15 is 0 Å². The summed E-state index contributed by atoms with van der Waals surface area (Å²) in [5.74, 6) is 0. The summed E-state index contributed by atoms with van der Waals surface area (Å²) in [5, 5.41) is 13.2. The minimum absolute atomic E-state index is 0.371. The van der Waals surface area contributed by atoms with Crippen LogP contribution >= 0.6 is 11.6 Å². The smallest absolute Gasteiger partial charge is 0.142 e. The number of nitriles is 1. The van der Waals surface area contributed by atoms with Gasteiger partial charge in [-0.25, -0.2) is 0 Å². The van der Waals surface area contributed by atoms with Crippen LogP contribution in [-0.2, 0) is 11.4 Å². The topological polar surface area (TPSA) is 45.4 Å². The molecule has 0 bridgehead atoms. The van der Waals surface area contributed by atoms with E-state index in [1.54, 1.807) is 30.5 Å². The Bertz CT molecular complexity index is 598. The van der Waals surface area contributed by atoms with Crippen LogP contribution in [0.4, 0.5) is 0 Å². The third-order valence-corrected chi connectivity index (χ3v) is 2.71. The quantitative estimate of drug-likeness (QED) is 0.627. The monoisotopic (exact) mass is 270 g/mol. The summed E-state index contributed by atoms with van der Waals surface area (Å²) in [6.45, 7) is 0.371. The SMILES string of the molecule is N#Cc1ccc(CON=Cc2ccc(Cl)cc2)cc1. The Hall–Kier alpha value is -2.31. The minimum Gasteiger partial charge on any atom is -0.391 e. The van der Waals surface area contributed by atoms with Gasteiger partial charge in [0.25, 0.3) is 0 Å². The van der Waals surface area contributed by atoms with Crippen LogP contribution < -0.4 is 0 Å². The molecule has 94 valence electrons. The first-order valence-electron chi connectivity index (χ1n) is 5.68. The lowest BCUT2D eigenvalue weighted by Gasteiger charge is -1.99. The first-order valence-corrected chi connectivity index (χ1v) is 6.05. The Kier molecular flexibility index (Phi) is 4.54. The van der Waals surface area contributed by atoms with E-state index in [9.17, 15) is 0 Å². The van der Waals surface area contributed by atoms with Crippen molar-refractivity contribution in [2.24, 2.45) is 5.16 Å². The Morgan fingerprint density at radius 3 is 2.42 bits per heavy atom. The van der Waals surface area contributed by atoms with Gasteiger partial charge in [0, 0.05) is 5.02 Å². The molecule has 0 aliphatic rings. The van der Waals surface area contributed by atoms with E-state index in [4.69, 9.17) is 21.7 Å². The maximum absolute atomic E-state index is 8.67. The Labute approximate surface area is 116 Å². The number of rotatable bonds is 4. The molecule has 4 heteroatoms. The molecule has 0 fully saturated rings. The zero-order valence-corrected chi connectivity index (χ0v) is 10.8. The molecule has 0 saturated carbocycles. The predicted molar refractivity (Wildman–Crippen MR) is 75.0 cm³/mol. The number of hydrogen-bond acceptors (Lipinski definition) is 3. The zero-order chi connectivity index (χ0) is 13.5. The molecule has 0 aliphatic carbocycles. The lowest BCUT2D eigenvalue weighted by Crippen LogP contribution is -1.88. The van der Waals surface area contributed by atoms with Crippen molar-refractivity contribution in [3.05, 3.63) is 70.2 Å². The molecule has 0 atom stereocenters. The third kappa shape index (κ3) is 4.13. The second kappa shape index (κ2) is 6.58. The van der Waals surface area contributed by atoms with Crippen LogP contribution in [0.15, 0.2) is 53.7 Å². The highest BCUT2D eigenvalue weighted by molar-refractivity contribution is 6.30. The van der Waals surface area contributed by atoms with Gasteiger partial charge >= 0.3 is 0 Å². The molecule has 2 aromatic rings. The highest BCUT2D eigenvalue weighted by Gasteiger charge is 1.94. The van der Waals surface area contributed by atoms with E-state index in [1.165, 1.54) is 0 Å². The van der Waals surface area contributed by atoms with Gasteiger partial charge in [0.1, 0.15) is 6.61 Å². The van der Waals surface area contributed by atoms with Crippen LogP contribution in [0.2, 0.25) is 5.02 Å². The molecule has 0 radical (unpaired) electrons. The van der Waals surface area contributed by atoms with Crippen molar-refractivity contribution in [2.45, 2.75) is 6.61 Å². The maximum Gasteiger partial charge on any atom is 0.142 e. The summed E-state index contributed by atoms with van der Waals surface area (Å²) in [5.41, 5.74) is 2.52. The first kappa shape index (κ1) is 13.1. The lowest BCUT2D eigenvalue weighted by atomic mass is 10.2. The Balaban J connectivity index is 1.85. The Morgan fingerprint density at radius 2 is 1.79 bits per heavy atom. The summed E-state index contributed by atoms with van der Waals surface area (Å²) < 4.78 is 0. The van der Waals surface area contributed by atoms with Crippen LogP contribution in [0.3, 0.4) is 0 Å². The molecular formula is C15H11ClN2O. The largest absolute Gasteiger partial charge is 0.391 e. The van der Waals surface area contributed by atoms with E-state index in [0.717, 1.165) is 11.1 Å². The number of oxime groups is 1. The summed E-state index contributed by atoms with van der Waals surface area (Å²) >= 11 is 5.78. The summed E-state index contributed by atoms with van der Waals surface area (Å²) in [7, 11) is 0. The summed E-state index contributed by atoms with van der Waals surface area (Å²) in [6, 6.07) is 16.6. The van der Waals surface area contributed by atoms with Crippen LogP contribution in [0.25, 0.3) is 0 Å². The molecule has 19 heavy (non-hydrogen) atoms. The second-order valence-electron chi connectivity index (χ2n) is 3.87. The van der Waals surface area contributed by atoms with Crippen molar-refractivity contribution < 1.29 is 4.84 Å². The fourth-order valence-corrected chi connectivity index (χ4v) is 1.56. The first-order chi connectivity index (χ1) is 9.28. The molecule has 0 spiro atoms. The zero-order valence-electron chi connectivity index (χ0n) is 10.1. The molecule has 2 rings (SSSR count). The van der Waals surface area contributed by atoms with E-state index in [-0.39, 0.29) is 0 Å². The number of benzene rings is 2. The summed E-state index contributed by atoms with van der Waals surface area (Å²) in [4.78, 5) is 5.18. The molecule has 2 aromatic carbocycles. The van der Waals surface area contributed by atoms with Gasteiger partial charge in [0.2, 0.25) is 0 Å². The Morgan fingerprint density at radius 1 is 1.11 bits per heavy atom. The highest BCUT2D eigenvalue weighted by atomic mass is 35.5. The summed E-state index contributed by atoms with van der Waals surface area (Å²) in [6.07, 6.45) is 1.62. The van der Waals surface area contributed by atoms with E-state index < -0.39 is 0 Å². The molecule has 0 saturated heterocycles. The van der Waals surface area contributed by atoms with Crippen molar-refractivity contribution >= 4 is 17.8 Å². The third-order valence-electron chi connectivity index (χ3n) is 2.46. The van der Waals surface area contributed by atoms with E-state index in [2.05, 4.69) is 11.2 Å². The molecule has 0 heterocycles. The fourth-order valence-electron chi connectivity index (χ4n) is 1.43. The molecule has 0 N–H and O–H groups in total. The molecule has 0 aliphatic heterocycles. The van der Waals surface area contributed by atoms with Gasteiger partial charge in [-0.15, -0.1) is 0 Å². The van der Waals surface area contributed by atoms with Crippen molar-refractivity contribution in [3.8, 4) is 6.07 Å². The van der Waals surface area contributed by atoms with Crippen molar-refractivity contribution in [2.75, 3.05) is 0 Å². The molecule has 0 aromatic heterocycles. The predicted octanol–water partition coefficient (Wildman–Crippen LogP) is 3.76. The van der Waals surface area contributed by atoms with Crippen molar-refractivity contribution in [1.82, 2.24) is 0 Å². The molecular weight excluding hydrogens is 260 g/mol. The van der Waals surface area contributed by atoms with Gasteiger partial charge in [-0.3, -0.25) is 0 Å². The van der Waals surface area contributed by atoms with Gasteiger partial charge in [0.05, 0.1) is 17.8 Å². The second-order valence-corrected chi connectivity index (χ2v) is 4.30. The van der Waals surface area contributed by atoms with Gasteiger partial charge in [0.15, 0.2) is 0 Å². The van der Waals surface area contributed by atoms with E-state index in [0.29, 0.717) is 17.2 Å². The number of hydrogen-bond donors (Lipinski definition) is 0. The van der Waals surface area contributed by atoms with Crippen LogP contribution in [0.1, 0.15) is 16.7 Å². The standard InChI is InChI=1S/C15H11ClN2O/c16-15-7-5-13(6-8-15)10-18-19-11-14-3-1-12(9-17)2-4-14/h1-8,10H,11H2. The average Bonchev–Trinajstić information content (AvgIpc) is 2.46. The maximum atomic E-state index is 8.67. The van der Waals surface area contributed by atoms with Crippen molar-refractivity contribution in [1.29, 1.82) is 5.26 Å². The van der Waals surface area contributed by atoms with Gasteiger partial charge < -0.3 is 4.84 Å². The van der Waals surface area contributed by atoms with Gasteiger partial charge in [-0.1, -0.05) is 41.0 Å². The van der Waals surface area contributed by atoms with Crippen molar-refractivity contribution in [3.63, 3.8) is 0 Å². The van der Waals surface area contributed by atoms with Gasteiger partial charge in [-0.05, 0) is 35.4 Å². The fraction of sp³-hybridized carbons (Fsp3) is 0.0667. The highest BCUT2D eigenvalue weighted by Crippen LogP contribution is 2.08. The minimum atomic E-state index is 0.371. The lowest BCUT2D eigenvalue weighted by molar-refractivity contribution is 0.132. The average molecular weight is 271 g/mol. The van der Waals surface area contributed by atoms with E-state index in [1.807, 2.05) is 24.3 Å². The molecule has 0 amide bonds. The van der Waals surface area contributed by atoms with Crippen LogP contribution in [0.5, 0.6) is 0 Å². The molecule has 3 nitrogen and oxygen atoms in total. The number of halogens is 1. The molecule has 0 unspecified atom stereocenters. The normalized spacial score (nSPS) is 10.3. The van der Waals surface area contributed by atoms with Crippen LogP contribution in [-0.4, -0.2) is 6.21 Å². The number of nitrogens with zero attached hydrogens (tertiary/aromatic N) is 2.